The van der Waals surface area contributed by atoms with E-state index in [1.807, 2.05) is 30.3 Å². The predicted octanol–water partition coefficient (Wildman–Crippen LogP) is 5.33. The van der Waals surface area contributed by atoms with Gasteiger partial charge in [0.15, 0.2) is 5.13 Å². The van der Waals surface area contributed by atoms with Crippen LogP contribution < -0.4 is 10.2 Å². The highest BCUT2D eigenvalue weighted by molar-refractivity contribution is 7.19. The normalized spacial score (nSPS) is 15.3. The lowest BCUT2D eigenvalue weighted by Crippen LogP contribution is -2.44. The van der Waals surface area contributed by atoms with Gasteiger partial charge in [-0.1, -0.05) is 53.8 Å². The number of nitrogens with zero attached hydrogens (tertiary/aromatic N) is 5. The highest BCUT2D eigenvalue weighted by Gasteiger charge is 2.24. The van der Waals surface area contributed by atoms with Crippen LogP contribution in [0.4, 0.5) is 15.5 Å². The van der Waals surface area contributed by atoms with Crippen molar-refractivity contribution in [2.45, 2.75) is 13.0 Å². The lowest BCUT2D eigenvalue weighted by atomic mass is 10.1. The number of hydrogen-bond donors (Lipinski definition) is 1. The number of hydrogen-bond acceptors (Lipinski definition) is 7. The SMILES string of the molecule is C[C@H](Nc1nccc(-c2sc(N3CCN(C)CC3)nc2-c2ccccc2F)n1)c1ccccc1. The van der Waals surface area contributed by atoms with Crippen molar-refractivity contribution < 1.29 is 4.39 Å². The van der Waals surface area contributed by atoms with Crippen LogP contribution in [0.2, 0.25) is 0 Å². The van der Waals surface area contributed by atoms with E-state index in [4.69, 9.17) is 9.97 Å². The molecule has 2 aromatic heterocycles. The van der Waals surface area contributed by atoms with Crippen molar-refractivity contribution in [3.8, 4) is 21.8 Å². The summed E-state index contributed by atoms with van der Waals surface area (Å²) in [5.41, 5.74) is 2.99. The topological polar surface area (TPSA) is 57.2 Å². The Labute approximate surface area is 203 Å². The summed E-state index contributed by atoms with van der Waals surface area (Å²) in [4.78, 5) is 19.6. The molecule has 0 aliphatic carbocycles. The van der Waals surface area contributed by atoms with Gasteiger partial charge in [-0.3, -0.25) is 0 Å². The van der Waals surface area contributed by atoms with E-state index in [-0.39, 0.29) is 11.9 Å². The van der Waals surface area contributed by atoms with Gasteiger partial charge in [0.25, 0.3) is 0 Å². The number of nitrogens with one attached hydrogen (secondary N) is 1. The summed E-state index contributed by atoms with van der Waals surface area (Å²) in [7, 11) is 2.13. The Kier molecular flexibility index (Phi) is 6.51. The summed E-state index contributed by atoms with van der Waals surface area (Å²) in [5, 5.41) is 4.28. The first kappa shape index (κ1) is 22.4. The standard InChI is InChI=1S/C26H27FN6S/c1-18(19-8-4-3-5-9-19)29-25-28-13-12-22(30-25)24-23(20-10-6-7-11-21(20)27)31-26(34-24)33-16-14-32(2)15-17-33/h3-13,18H,14-17H2,1-2H3,(H,28,29,30)/t18-/m0/s1. The molecule has 0 saturated carbocycles. The molecule has 1 saturated heterocycles. The third kappa shape index (κ3) is 4.78. The van der Waals surface area contributed by atoms with Crippen molar-refractivity contribution in [1.82, 2.24) is 19.9 Å². The molecular formula is C26H27FN6S. The van der Waals surface area contributed by atoms with E-state index >= 15 is 0 Å². The molecule has 0 unspecified atom stereocenters. The zero-order chi connectivity index (χ0) is 23.5. The lowest BCUT2D eigenvalue weighted by Gasteiger charge is -2.32. The molecule has 8 heteroatoms. The Morgan fingerprint density at radius 1 is 0.941 bits per heavy atom. The number of likely N-dealkylation sites (N-methyl/N-ethyl adjacent to an activating group) is 1. The van der Waals surface area contributed by atoms with E-state index < -0.39 is 0 Å². The predicted molar refractivity (Wildman–Crippen MR) is 137 cm³/mol. The molecule has 5 rings (SSSR count). The maximum atomic E-state index is 14.8. The van der Waals surface area contributed by atoms with E-state index in [2.05, 4.69) is 46.2 Å². The summed E-state index contributed by atoms with van der Waals surface area (Å²) >= 11 is 1.56. The van der Waals surface area contributed by atoms with Crippen LogP contribution in [0.25, 0.3) is 21.8 Å². The number of rotatable bonds is 6. The number of thiazole rings is 1. The van der Waals surface area contributed by atoms with Gasteiger partial charge in [-0.2, -0.15) is 0 Å². The van der Waals surface area contributed by atoms with Crippen LogP contribution >= 0.6 is 11.3 Å². The van der Waals surface area contributed by atoms with E-state index in [0.29, 0.717) is 17.2 Å². The zero-order valence-electron chi connectivity index (χ0n) is 19.3. The fourth-order valence-corrected chi connectivity index (χ4v) is 5.13. The fourth-order valence-electron chi connectivity index (χ4n) is 4.02. The van der Waals surface area contributed by atoms with Crippen LogP contribution in [0.1, 0.15) is 18.5 Å². The molecule has 2 aromatic carbocycles. The molecule has 1 N–H and O–H groups in total. The van der Waals surface area contributed by atoms with Crippen molar-refractivity contribution in [2.24, 2.45) is 0 Å². The second-order valence-corrected chi connectivity index (χ2v) is 9.46. The first-order chi connectivity index (χ1) is 16.6. The number of aromatic nitrogens is 3. The van der Waals surface area contributed by atoms with Crippen LogP contribution in [0.15, 0.2) is 66.9 Å². The number of halogens is 1. The summed E-state index contributed by atoms with van der Waals surface area (Å²) in [6.45, 7) is 5.82. The Morgan fingerprint density at radius 3 is 2.44 bits per heavy atom. The average molecular weight is 475 g/mol. The first-order valence-corrected chi connectivity index (χ1v) is 12.2. The van der Waals surface area contributed by atoms with Crippen molar-refractivity contribution in [2.75, 3.05) is 43.4 Å². The smallest absolute Gasteiger partial charge is 0.223 e. The van der Waals surface area contributed by atoms with Gasteiger partial charge in [-0.05, 0) is 37.7 Å². The molecule has 0 radical (unpaired) electrons. The molecule has 1 aliphatic rings. The second kappa shape index (κ2) is 9.87. The van der Waals surface area contributed by atoms with Gasteiger partial charge in [0, 0.05) is 37.9 Å². The monoisotopic (exact) mass is 474 g/mol. The summed E-state index contributed by atoms with van der Waals surface area (Å²) in [5.74, 6) is 0.243. The van der Waals surface area contributed by atoms with Crippen LogP contribution in [-0.2, 0) is 0 Å². The van der Waals surface area contributed by atoms with Crippen LogP contribution in [0, 0.1) is 5.82 Å². The molecule has 0 spiro atoms. The number of benzene rings is 2. The fraction of sp³-hybridized carbons (Fsp3) is 0.269. The van der Waals surface area contributed by atoms with Gasteiger partial charge >= 0.3 is 0 Å². The molecule has 6 nitrogen and oxygen atoms in total. The summed E-state index contributed by atoms with van der Waals surface area (Å²) in [6, 6.07) is 18.9. The van der Waals surface area contributed by atoms with Crippen molar-refractivity contribution in [3.63, 3.8) is 0 Å². The molecule has 1 fully saturated rings. The van der Waals surface area contributed by atoms with Crippen LogP contribution in [0.5, 0.6) is 0 Å². The average Bonchev–Trinajstić information content (AvgIpc) is 3.31. The van der Waals surface area contributed by atoms with Gasteiger partial charge in [0.2, 0.25) is 5.95 Å². The van der Waals surface area contributed by atoms with E-state index in [0.717, 1.165) is 47.4 Å². The Hall–Kier alpha value is -3.36. The lowest BCUT2D eigenvalue weighted by molar-refractivity contribution is 0.313. The minimum absolute atomic E-state index is 0.0462. The van der Waals surface area contributed by atoms with Gasteiger partial charge in [-0.25, -0.2) is 19.3 Å². The second-order valence-electron chi connectivity index (χ2n) is 8.49. The molecule has 0 amide bonds. The van der Waals surface area contributed by atoms with E-state index in [1.165, 1.54) is 6.07 Å². The number of anilines is 2. The minimum atomic E-state index is -0.288. The quantitative estimate of drug-likeness (QED) is 0.408. The van der Waals surface area contributed by atoms with Crippen LogP contribution in [0.3, 0.4) is 0 Å². The molecule has 1 aliphatic heterocycles. The third-order valence-corrected chi connectivity index (χ3v) is 7.19. The zero-order valence-corrected chi connectivity index (χ0v) is 20.1. The van der Waals surface area contributed by atoms with E-state index in [1.54, 1.807) is 29.7 Å². The minimum Gasteiger partial charge on any atom is -0.348 e. The molecule has 4 aromatic rings. The summed E-state index contributed by atoms with van der Waals surface area (Å²) in [6.07, 6.45) is 1.74. The van der Waals surface area contributed by atoms with Gasteiger partial charge < -0.3 is 15.1 Å². The molecular weight excluding hydrogens is 447 g/mol. The Balaban J connectivity index is 1.51. The van der Waals surface area contributed by atoms with Gasteiger partial charge in [-0.15, -0.1) is 0 Å². The number of piperazine rings is 1. The first-order valence-electron chi connectivity index (χ1n) is 11.4. The molecule has 1 atom stereocenters. The van der Waals surface area contributed by atoms with E-state index in [9.17, 15) is 4.39 Å². The molecule has 3 heterocycles. The molecule has 174 valence electrons. The Bertz CT molecular complexity index is 1250. The largest absolute Gasteiger partial charge is 0.348 e. The van der Waals surface area contributed by atoms with Gasteiger partial charge in [0.05, 0.1) is 22.3 Å². The molecule has 34 heavy (non-hydrogen) atoms. The van der Waals surface area contributed by atoms with Crippen molar-refractivity contribution in [1.29, 1.82) is 0 Å². The highest BCUT2D eigenvalue weighted by atomic mass is 32.1. The maximum Gasteiger partial charge on any atom is 0.223 e. The third-order valence-electron chi connectivity index (χ3n) is 6.05. The van der Waals surface area contributed by atoms with Crippen molar-refractivity contribution in [3.05, 3.63) is 78.2 Å². The Morgan fingerprint density at radius 2 is 1.68 bits per heavy atom. The highest BCUT2D eigenvalue weighted by Crippen LogP contribution is 2.40. The van der Waals surface area contributed by atoms with Crippen molar-refractivity contribution >= 4 is 22.4 Å². The summed E-state index contributed by atoms with van der Waals surface area (Å²) < 4.78 is 14.8. The van der Waals surface area contributed by atoms with Gasteiger partial charge in [0.1, 0.15) is 5.82 Å². The maximum absolute atomic E-state index is 14.8. The molecule has 0 bridgehead atoms. The van der Waals surface area contributed by atoms with Crippen LogP contribution in [-0.4, -0.2) is 53.1 Å².